The Morgan fingerprint density at radius 1 is 0.791 bits per heavy atom. The summed E-state index contributed by atoms with van der Waals surface area (Å²) in [7, 11) is 0. The Balaban J connectivity index is 0.00000329. The Bertz CT molecular complexity index is 1970. The Morgan fingerprint density at radius 2 is 1.56 bits per heavy atom. The molecule has 0 radical (unpaired) electrons. The number of nitrogens with zero attached hydrogens (tertiary/aromatic N) is 3. The molecule has 4 nitrogen and oxygen atoms in total. The van der Waals surface area contributed by atoms with Crippen molar-refractivity contribution < 1.29 is 26.2 Å². The van der Waals surface area contributed by atoms with Crippen LogP contribution in [0.3, 0.4) is 0 Å². The van der Waals surface area contributed by atoms with E-state index in [1.54, 1.807) is 6.07 Å². The van der Waals surface area contributed by atoms with Crippen LogP contribution in [-0.4, -0.2) is 15.1 Å². The van der Waals surface area contributed by atoms with Crippen molar-refractivity contribution in [2.75, 3.05) is 4.90 Å². The second-order valence-electron chi connectivity index (χ2n) is 11.8. The van der Waals surface area contributed by atoms with Gasteiger partial charge in [-0.1, -0.05) is 100.0 Å². The number of para-hydroxylation sites is 2. The number of fused-ring (bicyclic) bond motifs is 3. The summed E-state index contributed by atoms with van der Waals surface area (Å²) in [5.41, 5.74) is 9.89. The van der Waals surface area contributed by atoms with Crippen molar-refractivity contribution in [3.05, 3.63) is 132 Å². The number of phenolic OH excluding ortho intramolecular Hbond substituents is 1. The van der Waals surface area contributed by atoms with Crippen LogP contribution >= 0.6 is 0 Å². The summed E-state index contributed by atoms with van der Waals surface area (Å²) in [5, 5.41) is 11.7. The summed E-state index contributed by atoms with van der Waals surface area (Å²) >= 11 is 0. The van der Waals surface area contributed by atoms with Gasteiger partial charge in [-0.25, -0.2) is 4.98 Å². The van der Waals surface area contributed by atoms with Crippen molar-refractivity contribution in [3.8, 4) is 28.1 Å². The summed E-state index contributed by atoms with van der Waals surface area (Å²) in [4.78, 5) is 12.1. The number of hydrogen-bond donors (Lipinski definition) is 1. The predicted molar refractivity (Wildman–Crippen MR) is 172 cm³/mol. The molecule has 3 heterocycles. The van der Waals surface area contributed by atoms with Gasteiger partial charge in [0.25, 0.3) is 0 Å². The van der Waals surface area contributed by atoms with E-state index in [-0.39, 0.29) is 38.1 Å². The normalized spacial score (nSPS) is 13.4. The van der Waals surface area contributed by atoms with Crippen LogP contribution in [0.15, 0.2) is 109 Å². The van der Waals surface area contributed by atoms with Gasteiger partial charge in [-0.2, -0.15) is 0 Å². The number of aromatic nitrogens is 2. The zero-order chi connectivity index (χ0) is 29.0. The number of rotatable bonds is 4. The van der Waals surface area contributed by atoms with Crippen LogP contribution in [-0.2, 0) is 26.5 Å². The maximum atomic E-state index is 10.7. The largest absolute Gasteiger partial charge is 0.506 e. The quantitative estimate of drug-likeness (QED) is 0.183. The second kappa shape index (κ2) is 11.1. The molecule has 0 saturated heterocycles. The van der Waals surface area contributed by atoms with Crippen LogP contribution in [0.2, 0.25) is 0 Å². The molecule has 1 aliphatic heterocycles. The van der Waals surface area contributed by atoms with Gasteiger partial charge in [-0.3, -0.25) is 4.98 Å². The third-order valence-electron chi connectivity index (χ3n) is 8.47. The van der Waals surface area contributed by atoms with Crippen molar-refractivity contribution in [3.63, 3.8) is 0 Å². The molecule has 0 saturated carbocycles. The van der Waals surface area contributed by atoms with Gasteiger partial charge in [-0.15, -0.1) is 23.8 Å². The average molecular weight is 742 g/mol. The Hall–Kier alpha value is -4.27. The van der Waals surface area contributed by atoms with Crippen LogP contribution in [0.5, 0.6) is 5.75 Å². The van der Waals surface area contributed by atoms with Gasteiger partial charge in [0.1, 0.15) is 17.1 Å². The van der Waals surface area contributed by atoms with Crippen LogP contribution < -0.4 is 4.90 Å². The zero-order valence-corrected chi connectivity index (χ0v) is 26.8. The Morgan fingerprint density at radius 3 is 2.35 bits per heavy atom. The molecule has 7 rings (SSSR count). The van der Waals surface area contributed by atoms with Crippen LogP contribution in [0, 0.1) is 6.07 Å². The van der Waals surface area contributed by atoms with E-state index in [1.165, 1.54) is 11.1 Å². The van der Waals surface area contributed by atoms with Crippen molar-refractivity contribution in [2.45, 2.75) is 39.0 Å². The predicted octanol–water partition coefficient (Wildman–Crippen LogP) is 9.70. The van der Waals surface area contributed by atoms with E-state index in [9.17, 15) is 5.11 Å². The van der Waals surface area contributed by atoms with Gasteiger partial charge < -0.3 is 10.0 Å². The summed E-state index contributed by atoms with van der Waals surface area (Å²) in [6, 6.07) is 39.0. The van der Waals surface area contributed by atoms with Gasteiger partial charge in [0.15, 0.2) is 0 Å². The fourth-order valence-corrected chi connectivity index (χ4v) is 6.24. The maximum Gasteiger partial charge on any atom is 0.140 e. The Labute approximate surface area is 267 Å². The number of aromatic hydroxyl groups is 1. The minimum absolute atomic E-state index is 0. The summed E-state index contributed by atoms with van der Waals surface area (Å²) in [6.07, 6.45) is 1.88. The van der Waals surface area contributed by atoms with E-state index in [2.05, 4.69) is 118 Å². The van der Waals surface area contributed by atoms with E-state index in [1.807, 2.05) is 24.4 Å². The average Bonchev–Trinajstić information content (AvgIpc) is 3.01. The molecule has 1 aliphatic rings. The first-order chi connectivity index (χ1) is 20.3. The first-order valence-electron chi connectivity index (χ1n) is 14.4. The third kappa shape index (κ3) is 4.84. The fraction of sp³-hybridized carbons (Fsp3) is 0.158. The molecule has 0 unspecified atom stereocenters. The zero-order valence-electron chi connectivity index (χ0n) is 24.6. The molecule has 1 N–H and O–H groups in total. The number of benzene rings is 4. The first-order valence-corrected chi connectivity index (χ1v) is 14.4. The Kier molecular flexibility index (Phi) is 7.44. The number of hydrogen-bond acceptors (Lipinski definition) is 4. The number of phenols is 1. The molecule has 0 aliphatic carbocycles. The molecule has 5 heteroatoms. The molecule has 0 spiro atoms. The van der Waals surface area contributed by atoms with Crippen LogP contribution in [0.25, 0.3) is 33.3 Å². The number of pyridine rings is 2. The monoisotopic (exact) mass is 741 g/mol. The van der Waals surface area contributed by atoms with E-state index in [0.29, 0.717) is 5.52 Å². The molecule has 0 fully saturated rings. The van der Waals surface area contributed by atoms with Crippen LogP contribution in [0.1, 0.15) is 50.3 Å². The number of anilines is 3. The van der Waals surface area contributed by atoms with Gasteiger partial charge in [0, 0.05) is 38.3 Å². The minimum Gasteiger partial charge on any atom is -0.506 e. The third-order valence-corrected chi connectivity index (χ3v) is 8.47. The smallest absolute Gasteiger partial charge is 0.140 e. The molecule has 2 aromatic heterocycles. The van der Waals surface area contributed by atoms with Gasteiger partial charge in [-0.05, 0) is 69.2 Å². The molecular weight excluding hydrogens is 710 g/mol. The van der Waals surface area contributed by atoms with Crippen LogP contribution in [0.4, 0.5) is 17.2 Å². The van der Waals surface area contributed by atoms with E-state index >= 15 is 0 Å². The van der Waals surface area contributed by atoms with Crippen molar-refractivity contribution >= 4 is 28.1 Å². The van der Waals surface area contributed by atoms with Crippen molar-refractivity contribution in [1.82, 2.24) is 9.97 Å². The first kappa shape index (κ1) is 28.8. The maximum absolute atomic E-state index is 10.7. The summed E-state index contributed by atoms with van der Waals surface area (Å²) in [5.74, 6) is 1.29. The molecule has 0 atom stereocenters. The minimum atomic E-state index is -0.243. The molecule has 0 amide bonds. The van der Waals surface area contributed by atoms with Crippen molar-refractivity contribution in [1.29, 1.82) is 0 Å². The summed E-state index contributed by atoms with van der Waals surface area (Å²) in [6.45, 7) is 8.89. The van der Waals surface area contributed by atoms with E-state index < -0.39 is 0 Å². The molecule has 6 aromatic rings. The molecule has 4 aromatic carbocycles. The molecular formula is C38H32N3OPt-. The topological polar surface area (TPSA) is 49.2 Å². The fourth-order valence-electron chi connectivity index (χ4n) is 6.24. The van der Waals surface area contributed by atoms with E-state index in [0.717, 1.165) is 50.5 Å². The second-order valence-corrected chi connectivity index (χ2v) is 11.8. The van der Waals surface area contributed by atoms with Gasteiger partial charge in [0.2, 0.25) is 0 Å². The molecule has 43 heavy (non-hydrogen) atoms. The molecule has 0 bridgehead atoms. The summed E-state index contributed by atoms with van der Waals surface area (Å²) < 4.78 is 0. The van der Waals surface area contributed by atoms with Gasteiger partial charge >= 0.3 is 0 Å². The van der Waals surface area contributed by atoms with Gasteiger partial charge in [0.05, 0.1) is 0 Å². The van der Waals surface area contributed by atoms with E-state index in [4.69, 9.17) is 9.97 Å². The molecule has 216 valence electrons. The SMILES string of the molecule is CC(C)c1cc(-c2[c-]c3c(cc2)C(C)(C)c2ccccc2N3c2cc(-c3ccccc3)ccn2)nc2c(O)cccc12.[Pt]. The standard InChI is InChI=1S/C38H32N3O.Pt/c1-24(2)29-23-32(40-37-28(29)13-10-16-35(37)42)27-17-18-31-34(21-27)41(33-15-9-8-14-30(33)38(31,3)4)36-22-26(19-20-39-36)25-11-6-5-7-12-25;/h5-20,22-24,42H,1-4H3;/q-1;. The van der Waals surface area contributed by atoms with Crippen molar-refractivity contribution in [2.24, 2.45) is 0 Å².